The second-order valence-electron chi connectivity index (χ2n) is 6.97. The fourth-order valence-corrected chi connectivity index (χ4v) is 3.28. The number of aromatic amines is 1. The number of H-pyrrole nitrogens is 1. The third kappa shape index (κ3) is 5.56. The van der Waals surface area contributed by atoms with E-state index in [0.717, 1.165) is 17.7 Å². The van der Waals surface area contributed by atoms with Crippen LogP contribution in [0.15, 0.2) is 30.5 Å². The first-order chi connectivity index (χ1) is 14.9. The maximum absolute atomic E-state index is 13.1. The maximum atomic E-state index is 13.1. The van der Waals surface area contributed by atoms with Gasteiger partial charge in [-0.2, -0.15) is 8.78 Å². The van der Waals surface area contributed by atoms with Crippen LogP contribution >= 0.6 is 0 Å². The Balaban J connectivity index is 1.81. The number of nitrogens with one attached hydrogen (secondary N) is 2. The monoisotopic (exact) mass is 435 g/mol. The summed E-state index contributed by atoms with van der Waals surface area (Å²) in [6.45, 7) is -2.26. The van der Waals surface area contributed by atoms with Gasteiger partial charge in [0.1, 0.15) is 18.0 Å². The van der Waals surface area contributed by atoms with Crippen molar-refractivity contribution < 1.29 is 27.9 Å². The lowest BCUT2D eigenvalue weighted by Crippen LogP contribution is -2.39. The number of nitrogens with zero attached hydrogens (tertiary/aromatic N) is 3. The zero-order valence-corrected chi connectivity index (χ0v) is 16.9. The molecule has 1 fully saturated rings. The van der Waals surface area contributed by atoms with E-state index in [4.69, 9.17) is 0 Å². The number of carbonyl (C=O) groups excluding carboxylic acids is 3. The van der Waals surface area contributed by atoms with Crippen LogP contribution in [0.1, 0.15) is 39.5 Å². The number of halogens is 2. The molecule has 3 rings (SSSR count). The second-order valence-corrected chi connectivity index (χ2v) is 6.97. The molecule has 11 heteroatoms. The van der Waals surface area contributed by atoms with Crippen molar-refractivity contribution in [3.63, 3.8) is 0 Å². The van der Waals surface area contributed by atoms with E-state index in [1.165, 1.54) is 31.4 Å². The van der Waals surface area contributed by atoms with Crippen LogP contribution in [0.25, 0.3) is 0 Å². The summed E-state index contributed by atoms with van der Waals surface area (Å²) in [5.74, 6) is -1.42. The lowest BCUT2D eigenvalue weighted by atomic mass is 10.1. The van der Waals surface area contributed by atoms with Crippen molar-refractivity contribution in [1.82, 2.24) is 25.1 Å². The van der Waals surface area contributed by atoms with Crippen molar-refractivity contribution in [2.24, 2.45) is 0 Å². The highest BCUT2D eigenvalue weighted by molar-refractivity contribution is 5.97. The highest BCUT2D eigenvalue weighted by atomic mass is 19.3. The number of carbonyl (C=O) groups is 3. The Labute approximate surface area is 177 Å². The van der Waals surface area contributed by atoms with E-state index in [2.05, 4.69) is 20.0 Å². The maximum Gasteiger partial charge on any atom is 0.387 e. The van der Waals surface area contributed by atoms with Crippen molar-refractivity contribution in [3.8, 4) is 5.75 Å². The molecule has 1 aliphatic rings. The van der Waals surface area contributed by atoms with Gasteiger partial charge in [0.15, 0.2) is 5.82 Å². The second kappa shape index (κ2) is 10.0. The van der Waals surface area contributed by atoms with E-state index < -0.39 is 18.4 Å². The molecule has 1 saturated heterocycles. The number of rotatable bonds is 8. The molecule has 166 valence electrons. The minimum Gasteiger partial charge on any atom is -0.434 e. The minimum atomic E-state index is -3.03. The summed E-state index contributed by atoms with van der Waals surface area (Å²) in [6, 6.07) is 6.01. The van der Waals surface area contributed by atoms with Gasteiger partial charge >= 0.3 is 6.61 Å². The number of para-hydroxylation sites is 1. The molecule has 0 unspecified atom stereocenters. The van der Waals surface area contributed by atoms with Gasteiger partial charge in [0.05, 0.1) is 12.7 Å². The summed E-state index contributed by atoms with van der Waals surface area (Å²) in [5, 5.41) is 2.42. The van der Waals surface area contributed by atoms with E-state index in [1.807, 2.05) is 0 Å². The molecule has 1 aromatic heterocycles. The van der Waals surface area contributed by atoms with Gasteiger partial charge in [0, 0.05) is 25.7 Å². The zero-order chi connectivity index (χ0) is 22.4. The lowest BCUT2D eigenvalue weighted by Gasteiger charge is -2.22. The number of hydrogen-bond acceptors (Lipinski definition) is 5. The molecule has 1 aliphatic heterocycles. The highest BCUT2D eigenvalue weighted by Gasteiger charge is 2.26. The summed E-state index contributed by atoms with van der Waals surface area (Å²) < 4.78 is 29.9. The standard InChI is InChI=1S/C20H23F2N5O4/c1-23-16(28)12-27(11-13-6-2-3-7-15(13)31-20(21)22)18(29)14-10-24-17(25-14)19(30)26-8-4-5-9-26/h2-3,6-7,10,20H,4-5,8-9,11-12H2,1H3,(H,23,28)(H,24,25). The molecule has 3 amide bonds. The molecular weight excluding hydrogens is 412 g/mol. The van der Waals surface area contributed by atoms with Crippen LogP contribution in [0.3, 0.4) is 0 Å². The molecule has 0 atom stereocenters. The van der Waals surface area contributed by atoms with Crippen molar-refractivity contribution >= 4 is 17.7 Å². The van der Waals surface area contributed by atoms with Crippen LogP contribution in [0.2, 0.25) is 0 Å². The van der Waals surface area contributed by atoms with Gasteiger partial charge in [0.25, 0.3) is 11.8 Å². The predicted molar refractivity (Wildman–Crippen MR) is 106 cm³/mol. The molecule has 31 heavy (non-hydrogen) atoms. The molecule has 0 saturated carbocycles. The number of benzene rings is 1. The zero-order valence-electron chi connectivity index (χ0n) is 16.9. The average Bonchev–Trinajstić information content (AvgIpc) is 3.45. The Morgan fingerprint density at radius 3 is 2.65 bits per heavy atom. The average molecular weight is 435 g/mol. The Bertz CT molecular complexity index is 943. The number of ether oxygens (including phenoxy) is 1. The van der Waals surface area contributed by atoms with Crippen molar-refractivity contribution in [3.05, 3.63) is 47.5 Å². The third-order valence-electron chi connectivity index (χ3n) is 4.85. The van der Waals surface area contributed by atoms with Crippen molar-refractivity contribution in [2.75, 3.05) is 26.7 Å². The number of aromatic nitrogens is 2. The van der Waals surface area contributed by atoms with Gasteiger partial charge < -0.3 is 24.8 Å². The number of imidazole rings is 1. The number of likely N-dealkylation sites (tertiary alicyclic amines) is 1. The van der Waals surface area contributed by atoms with E-state index in [0.29, 0.717) is 18.7 Å². The van der Waals surface area contributed by atoms with Crippen LogP contribution < -0.4 is 10.1 Å². The first-order valence-corrected chi connectivity index (χ1v) is 9.76. The van der Waals surface area contributed by atoms with E-state index in [9.17, 15) is 23.2 Å². The molecule has 0 aliphatic carbocycles. The first-order valence-electron chi connectivity index (χ1n) is 9.76. The van der Waals surface area contributed by atoms with Gasteiger partial charge in [-0.25, -0.2) is 4.98 Å². The van der Waals surface area contributed by atoms with E-state index in [1.54, 1.807) is 11.0 Å². The summed E-state index contributed by atoms with van der Waals surface area (Å²) in [5.41, 5.74) is 0.312. The Morgan fingerprint density at radius 1 is 1.26 bits per heavy atom. The third-order valence-corrected chi connectivity index (χ3v) is 4.85. The molecule has 2 N–H and O–H groups in total. The molecular formula is C20H23F2N5O4. The summed E-state index contributed by atoms with van der Waals surface area (Å²) in [7, 11) is 1.42. The Hall–Kier alpha value is -3.50. The summed E-state index contributed by atoms with van der Waals surface area (Å²) in [4.78, 5) is 47.0. The van der Waals surface area contributed by atoms with Crippen molar-refractivity contribution in [2.45, 2.75) is 26.0 Å². The summed E-state index contributed by atoms with van der Waals surface area (Å²) in [6.07, 6.45) is 3.06. The fraction of sp³-hybridized carbons (Fsp3) is 0.400. The number of hydrogen-bond donors (Lipinski definition) is 2. The lowest BCUT2D eigenvalue weighted by molar-refractivity contribution is -0.121. The number of amides is 3. The number of alkyl halides is 2. The van der Waals surface area contributed by atoms with Crippen LogP contribution in [-0.2, 0) is 11.3 Å². The van der Waals surface area contributed by atoms with Crippen LogP contribution in [0.5, 0.6) is 5.75 Å². The smallest absolute Gasteiger partial charge is 0.387 e. The molecule has 0 bridgehead atoms. The Morgan fingerprint density at radius 2 is 1.97 bits per heavy atom. The molecule has 0 spiro atoms. The minimum absolute atomic E-state index is 0.0127. The first kappa shape index (κ1) is 22.2. The van der Waals surface area contributed by atoms with Gasteiger partial charge in [0.2, 0.25) is 5.91 Å². The van der Waals surface area contributed by atoms with Gasteiger partial charge in [-0.1, -0.05) is 18.2 Å². The SMILES string of the molecule is CNC(=O)CN(Cc1ccccc1OC(F)F)C(=O)c1cnc(C(=O)N2CCCC2)[nH]1. The predicted octanol–water partition coefficient (Wildman–Crippen LogP) is 1.64. The molecule has 2 aromatic rings. The van der Waals surface area contributed by atoms with Gasteiger partial charge in [-0.05, 0) is 18.9 Å². The quantitative estimate of drug-likeness (QED) is 0.656. The van der Waals surface area contributed by atoms with Gasteiger partial charge in [-0.15, -0.1) is 0 Å². The van der Waals surface area contributed by atoms with Crippen LogP contribution in [-0.4, -0.2) is 70.8 Å². The van der Waals surface area contributed by atoms with Gasteiger partial charge in [-0.3, -0.25) is 14.4 Å². The number of likely N-dealkylation sites (N-methyl/N-ethyl adjacent to an activating group) is 1. The molecule has 0 radical (unpaired) electrons. The Kier molecular flexibility index (Phi) is 7.16. The van der Waals surface area contributed by atoms with Crippen LogP contribution in [0, 0.1) is 0 Å². The molecule has 2 heterocycles. The molecule has 9 nitrogen and oxygen atoms in total. The van der Waals surface area contributed by atoms with E-state index >= 15 is 0 Å². The largest absolute Gasteiger partial charge is 0.434 e. The fourth-order valence-electron chi connectivity index (χ4n) is 3.28. The summed E-state index contributed by atoms with van der Waals surface area (Å²) >= 11 is 0. The van der Waals surface area contributed by atoms with Crippen LogP contribution in [0.4, 0.5) is 8.78 Å². The van der Waals surface area contributed by atoms with Crippen molar-refractivity contribution in [1.29, 1.82) is 0 Å². The van der Waals surface area contributed by atoms with E-state index in [-0.39, 0.29) is 36.3 Å². The molecule has 1 aromatic carbocycles. The highest BCUT2D eigenvalue weighted by Crippen LogP contribution is 2.22. The normalized spacial score (nSPS) is 13.4. The topological polar surface area (TPSA) is 108 Å².